The summed E-state index contributed by atoms with van der Waals surface area (Å²) in [6.45, 7) is 0.476. The number of nitrogens with zero attached hydrogens (tertiary/aromatic N) is 1. The Morgan fingerprint density at radius 3 is 2.19 bits per heavy atom. The number of benzene rings is 4. The van der Waals surface area contributed by atoms with Gasteiger partial charge in [0.25, 0.3) is 5.69 Å². The first kappa shape index (κ1) is 25.5. The molecule has 1 N–H and O–H groups in total. The second-order valence-electron chi connectivity index (χ2n) is 8.19. The molecular formula is C29H27NO7. The van der Waals surface area contributed by atoms with Crippen LogP contribution in [-0.4, -0.2) is 17.1 Å². The third-order valence-corrected chi connectivity index (χ3v) is 5.59. The molecule has 4 aromatic carbocycles. The Hall–Kier alpha value is -4.56. The summed E-state index contributed by atoms with van der Waals surface area (Å²) in [5, 5.41) is 20.8. The summed E-state index contributed by atoms with van der Waals surface area (Å²) < 4.78 is 23.1. The van der Waals surface area contributed by atoms with Crippen LogP contribution in [0.2, 0.25) is 0 Å². The average Bonchev–Trinajstić information content (AvgIpc) is 2.94. The van der Waals surface area contributed by atoms with E-state index >= 15 is 0 Å². The molecule has 37 heavy (non-hydrogen) atoms. The molecule has 0 aliphatic carbocycles. The molecular weight excluding hydrogens is 474 g/mol. The molecule has 0 spiro atoms. The standard InChI is InChI=1S/C29H27NO7/c1-34-28-13-10-23(15-29(28)37-18-21-6-3-2-4-7-21)19-35-26-11-12-27(30(32)33)24(16-26)20-36-25-9-5-8-22(14-25)17-31/h2-16,31H,17-20H2,1H3. The van der Waals surface area contributed by atoms with Crippen LogP contribution >= 0.6 is 0 Å². The summed E-state index contributed by atoms with van der Waals surface area (Å²) in [6, 6.07) is 26.9. The van der Waals surface area contributed by atoms with Gasteiger partial charge in [-0.15, -0.1) is 0 Å². The highest BCUT2D eigenvalue weighted by molar-refractivity contribution is 5.46. The van der Waals surface area contributed by atoms with Crippen LogP contribution in [0, 0.1) is 10.1 Å². The van der Waals surface area contributed by atoms with E-state index < -0.39 is 4.92 Å². The van der Waals surface area contributed by atoms with E-state index in [0.717, 1.165) is 11.1 Å². The van der Waals surface area contributed by atoms with Gasteiger partial charge in [-0.1, -0.05) is 48.5 Å². The highest BCUT2D eigenvalue weighted by Crippen LogP contribution is 2.30. The Morgan fingerprint density at radius 2 is 1.43 bits per heavy atom. The van der Waals surface area contributed by atoms with Crippen molar-refractivity contribution in [2.24, 2.45) is 0 Å². The number of aliphatic hydroxyl groups excluding tert-OH is 1. The van der Waals surface area contributed by atoms with E-state index in [-0.39, 0.29) is 25.5 Å². The van der Waals surface area contributed by atoms with Crippen molar-refractivity contribution in [2.45, 2.75) is 26.4 Å². The lowest BCUT2D eigenvalue weighted by atomic mass is 10.1. The van der Waals surface area contributed by atoms with Gasteiger partial charge >= 0.3 is 0 Å². The zero-order chi connectivity index (χ0) is 26.0. The van der Waals surface area contributed by atoms with Crippen LogP contribution in [0.25, 0.3) is 0 Å². The van der Waals surface area contributed by atoms with Crippen molar-refractivity contribution < 1.29 is 29.0 Å². The molecule has 0 aliphatic rings. The van der Waals surface area contributed by atoms with Crippen molar-refractivity contribution >= 4 is 5.69 Å². The smallest absolute Gasteiger partial charge is 0.276 e. The first-order valence-electron chi connectivity index (χ1n) is 11.6. The van der Waals surface area contributed by atoms with Gasteiger partial charge in [-0.2, -0.15) is 0 Å². The van der Waals surface area contributed by atoms with E-state index in [1.807, 2.05) is 48.5 Å². The molecule has 0 amide bonds. The van der Waals surface area contributed by atoms with Gasteiger partial charge < -0.3 is 24.1 Å². The SMILES string of the molecule is COc1ccc(COc2ccc([N+](=O)[O-])c(COc3cccc(CO)c3)c2)cc1OCc1ccccc1. The maximum Gasteiger partial charge on any atom is 0.276 e. The molecule has 0 heterocycles. The summed E-state index contributed by atoms with van der Waals surface area (Å²) in [5.74, 6) is 2.18. The maximum absolute atomic E-state index is 11.5. The van der Waals surface area contributed by atoms with Crippen LogP contribution in [0.15, 0.2) is 91.0 Å². The quantitative estimate of drug-likeness (QED) is 0.192. The van der Waals surface area contributed by atoms with Crippen LogP contribution in [-0.2, 0) is 26.4 Å². The highest BCUT2D eigenvalue weighted by atomic mass is 16.6. The fourth-order valence-electron chi connectivity index (χ4n) is 3.67. The van der Waals surface area contributed by atoms with Gasteiger partial charge in [-0.25, -0.2) is 0 Å². The van der Waals surface area contributed by atoms with Crippen molar-refractivity contribution in [3.8, 4) is 23.0 Å². The number of aliphatic hydroxyl groups is 1. The van der Waals surface area contributed by atoms with Crippen molar-refractivity contribution in [3.05, 3.63) is 123 Å². The molecule has 0 aromatic heterocycles. The zero-order valence-corrected chi connectivity index (χ0v) is 20.3. The lowest BCUT2D eigenvalue weighted by molar-refractivity contribution is -0.385. The molecule has 0 saturated heterocycles. The first-order chi connectivity index (χ1) is 18.1. The van der Waals surface area contributed by atoms with Crippen molar-refractivity contribution in [3.63, 3.8) is 0 Å². The molecule has 4 rings (SSSR count). The van der Waals surface area contributed by atoms with Crippen LogP contribution in [0.3, 0.4) is 0 Å². The minimum Gasteiger partial charge on any atom is -0.493 e. The van der Waals surface area contributed by atoms with Gasteiger partial charge in [0.1, 0.15) is 31.3 Å². The Bertz CT molecular complexity index is 1340. The highest BCUT2D eigenvalue weighted by Gasteiger charge is 2.16. The molecule has 8 nitrogen and oxygen atoms in total. The number of nitro groups is 1. The molecule has 0 radical (unpaired) electrons. The minimum absolute atomic E-state index is 0.0254. The number of hydrogen-bond donors (Lipinski definition) is 1. The summed E-state index contributed by atoms with van der Waals surface area (Å²) in [4.78, 5) is 11.1. The van der Waals surface area contributed by atoms with Crippen LogP contribution in [0.1, 0.15) is 22.3 Å². The first-order valence-corrected chi connectivity index (χ1v) is 11.6. The van der Waals surface area contributed by atoms with E-state index in [0.29, 0.717) is 40.7 Å². The van der Waals surface area contributed by atoms with Crippen LogP contribution in [0.5, 0.6) is 23.0 Å². The molecule has 0 bridgehead atoms. The number of nitro benzene ring substituents is 1. The van der Waals surface area contributed by atoms with Crippen molar-refractivity contribution in [1.29, 1.82) is 0 Å². The average molecular weight is 502 g/mol. The third-order valence-electron chi connectivity index (χ3n) is 5.59. The van der Waals surface area contributed by atoms with E-state index in [9.17, 15) is 15.2 Å². The molecule has 0 saturated carbocycles. The van der Waals surface area contributed by atoms with Crippen LogP contribution < -0.4 is 18.9 Å². The Labute approximate surface area is 214 Å². The Balaban J connectivity index is 1.45. The fraction of sp³-hybridized carbons (Fsp3) is 0.172. The second kappa shape index (κ2) is 12.4. The lowest BCUT2D eigenvalue weighted by Gasteiger charge is -2.14. The monoisotopic (exact) mass is 501 g/mol. The number of hydrogen-bond acceptors (Lipinski definition) is 7. The van der Waals surface area contributed by atoms with Gasteiger partial charge in [-0.05, 0) is 53.1 Å². The van der Waals surface area contributed by atoms with E-state index in [1.165, 1.54) is 6.07 Å². The van der Waals surface area contributed by atoms with Crippen molar-refractivity contribution in [1.82, 2.24) is 0 Å². The van der Waals surface area contributed by atoms with Gasteiger partial charge in [0.05, 0.1) is 24.2 Å². The summed E-state index contributed by atoms with van der Waals surface area (Å²) in [7, 11) is 1.58. The molecule has 190 valence electrons. The summed E-state index contributed by atoms with van der Waals surface area (Å²) in [5.41, 5.74) is 2.89. The van der Waals surface area contributed by atoms with E-state index in [1.54, 1.807) is 43.5 Å². The number of rotatable bonds is 12. The van der Waals surface area contributed by atoms with Gasteiger partial charge in [-0.3, -0.25) is 10.1 Å². The largest absolute Gasteiger partial charge is 0.493 e. The molecule has 4 aromatic rings. The number of methoxy groups -OCH3 is 1. The zero-order valence-electron chi connectivity index (χ0n) is 20.3. The minimum atomic E-state index is -0.452. The van der Waals surface area contributed by atoms with Gasteiger partial charge in [0.2, 0.25) is 0 Å². The van der Waals surface area contributed by atoms with Gasteiger partial charge in [0.15, 0.2) is 11.5 Å². The van der Waals surface area contributed by atoms with Crippen LogP contribution in [0.4, 0.5) is 5.69 Å². The Kier molecular flexibility index (Phi) is 8.57. The predicted molar refractivity (Wildman–Crippen MR) is 138 cm³/mol. The van der Waals surface area contributed by atoms with E-state index in [4.69, 9.17) is 18.9 Å². The third kappa shape index (κ3) is 6.99. The second-order valence-corrected chi connectivity index (χ2v) is 8.19. The fourth-order valence-corrected chi connectivity index (χ4v) is 3.67. The molecule has 0 fully saturated rings. The number of ether oxygens (including phenoxy) is 4. The molecule has 0 aliphatic heterocycles. The maximum atomic E-state index is 11.5. The Morgan fingerprint density at radius 1 is 0.703 bits per heavy atom. The molecule has 0 atom stereocenters. The summed E-state index contributed by atoms with van der Waals surface area (Å²) in [6.07, 6.45) is 0. The normalized spacial score (nSPS) is 10.5. The summed E-state index contributed by atoms with van der Waals surface area (Å²) >= 11 is 0. The molecule has 8 heteroatoms. The van der Waals surface area contributed by atoms with E-state index in [2.05, 4.69) is 0 Å². The van der Waals surface area contributed by atoms with Gasteiger partial charge in [0, 0.05) is 6.07 Å². The van der Waals surface area contributed by atoms with Crippen molar-refractivity contribution in [2.75, 3.05) is 7.11 Å². The molecule has 0 unspecified atom stereocenters. The topological polar surface area (TPSA) is 100 Å². The lowest BCUT2D eigenvalue weighted by Crippen LogP contribution is -2.03. The predicted octanol–water partition coefficient (Wildman–Crippen LogP) is 5.83.